The van der Waals surface area contributed by atoms with Crippen molar-refractivity contribution < 1.29 is 14.3 Å². The van der Waals surface area contributed by atoms with Crippen LogP contribution in [-0.4, -0.2) is 32.9 Å². The van der Waals surface area contributed by atoms with Gasteiger partial charge in [-0.2, -0.15) is 0 Å². The van der Waals surface area contributed by atoms with Gasteiger partial charge in [0.15, 0.2) is 16.3 Å². The lowest BCUT2D eigenvalue weighted by atomic mass is 9.61. The molecule has 1 aromatic rings. The van der Waals surface area contributed by atoms with E-state index in [0.717, 1.165) is 33.4 Å². The van der Waals surface area contributed by atoms with Crippen LogP contribution in [0.15, 0.2) is 70.9 Å². The van der Waals surface area contributed by atoms with E-state index in [-0.39, 0.29) is 32.6 Å². The van der Waals surface area contributed by atoms with Crippen molar-refractivity contribution in [1.29, 1.82) is 0 Å². The number of hydrogen-bond donors (Lipinski definition) is 0. The molecule has 5 heteroatoms. The van der Waals surface area contributed by atoms with Gasteiger partial charge in [-0.05, 0) is 32.8 Å². The smallest absolute Gasteiger partial charge is 0.186 e. The van der Waals surface area contributed by atoms with Crippen LogP contribution in [0.4, 0.5) is 0 Å². The zero-order valence-electron chi connectivity index (χ0n) is 27.2. The molecule has 2 spiro atoms. The number of allylic oxidation sites excluding steroid dienone is 4. The molecule has 0 saturated carbocycles. The van der Waals surface area contributed by atoms with Crippen molar-refractivity contribution in [1.82, 2.24) is 0 Å². The van der Waals surface area contributed by atoms with Gasteiger partial charge in [-0.25, -0.2) is 0 Å². The van der Waals surface area contributed by atoms with Crippen molar-refractivity contribution in [3.8, 4) is 0 Å². The Bertz CT molecular complexity index is 1350. The van der Waals surface area contributed by atoms with Gasteiger partial charge < -0.3 is 4.74 Å². The molecule has 2 unspecified atom stereocenters. The lowest BCUT2D eigenvalue weighted by Crippen LogP contribution is -2.51. The van der Waals surface area contributed by atoms with Crippen LogP contribution < -0.4 is 0 Å². The molecule has 1 heterocycles. The molecule has 0 aromatic heterocycles. The fourth-order valence-electron chi connectivity index (χ4n) is 6.17. The number of ketones is 2. The number of carbonyl (C=O) groups excluding carboxylic acids is 2. The normalized spacial score (nSPS) is 25.6. The molecule has 1 fully saturated rings. The minimum Gasteiger partial charge on any atom is -0.361 e. The topological polar surface area (TPSA) is 43.4 Å². The van der Waals surface area contributed by atoms with Gasteiger partial charge in [0.05, 0.1) is 9.49 Å². The second-order valence-electron chi connectivity index (χ2n) is 15.7. The molecule has 1 aromatic carbocycles. The number of carbonyl (C=O) groups is 2. The first kappa shape index (κ1) is 32.1. The molecule has 1 saturated heterocycles. The molecule has 0 radical (unpaired) electrons. The Morgan fingerprint density at radius 2 is 1.10 bits per heavy atom. The van der Waals surface area contributed by atoms with E-state index in [1.54, 1.807) is 30.6 Å². The fourth-order valence-corrected chi connectivity index (χ4v) is 9.93. The van der Waals surface area contributed by atoms with Crippen LogP contribution in [0.3, 0.4) is 0 Å². The van der Waals surface area contributed by atoms with Crippen LogP contribution in [0, 0.1) is 21.7 Å². The first-order chi connectivity index (χ1) is 18.6. The molecule has 1 aliphatic heterocycles. The Morgan fingerprint density at radius 3 is 1.51 bits per heavy atom. The largest absolute Gasteiger partial charge is 0.361 e. The van der Waals surface area contributed by atoms with Crippen LogP contribution in [0.1, 0.15) is 88.6 Å². The maximum atomic E-state index is 14.6. The maximum Gasteiger partial charge on any atom is 0.186 e. The summed E-state index contributed by atoms with van der Waals surface area (Å²) in [5.41, 5.74) is 3.84. The van der Waals surface area contributed by atoms with E-state index in [1.165, 1.54) is 0 Å². The molecule has 222 valence electrons. The van der Waals surface area contributed by atoms with Crippen molar-refractivity contribution in [2.24, 2.45) is 21.7 Å². The van der Waals surface area contributed by atoms with Gasteiger partial charge >= 0.3 is 0 Å². The third-order valence-corrected chi connectivity index (χ3v) is 11.7. The highest BCUT2D eigenvalue weighted by atomic mass is 32.2. The van der Waals surface area contributed by atoms with Crippen LogP contribution >= 0.6 is 23.5 Å². The number of rotatable bonds is 2. The number of fused-ring (bicyclic) bond motifs is 1. The average molecular weight is 593 g/mol. The number of benzene rings is 1. The monoisotopic (exact) mass is 592 g/mol. The van der Waals surface area contributed by atoms with Gasteiger partial charge in [-0.15, -0.1) is 23.5 Å². The van der Waals surface area contributed by atoms with E-state index in [0.29, 0.717) is 0 Å². The quantitative estimate of drug-likeness (QED) is 0.342. The maximum absolute atomic E-state index is 14.6. The highest BCUT2D eigenvalue weighted by molar-refractivity contribution is 8.22. The highest BCUT2D eigenvalue weighted by Crippen LogP contribution is 2.70. The number of ether oxygens (including phenoxy) is 1. The number of thioether (sulfide) groups is 2. The molecule has 2 atom stereocenters. The van der Waals surface area contributed by atoms with Crippen LogP contribution in [-0.2, 0) is 14.3 Å². The van der Waals surface area contributed by atoms with E-state index in [9.17, 15) is 9.59 Å². The minimum atomic E-state index is -0.702. The van der Waals surface area contributed by atoms with Gasteiger partial charge in [0.1, 0.15) is 0 Å². The number of Topliss-reactive ketones (excluding diaryl/α,β-unsaturated/α-hetero) is 2. The van der Waals surface area contributed by atoms with Gasteiger partial charge in [0.25, 0.3) is 0 Å². The number of methoxy groups -OCH3 is 1. The molecule has 0 amide bonds. The molecule has 4 rings (SSSR count). The summed E-state index contributed by atoms with van der Waals surface area (Å²) in [6.45, 7) is 25.6. The Morgan fingerprint density at radius 1 is 0.634 bits per heavy atom. The Kier molecular flexibility index (Phi) is 7.93. The van der Waals surface area contributed by atoms with Gasteiger partial charge in [-0.1, -0.05) is 132 Å². The van der Waals surface area contributed by atoms with E-state index in [4.69, 9.17) is 4.74 Å². The van der Waals surface area contributed by atoms with Gasteiger partial charge in [0.2, 0.25) is 0 Å². The standard InChI is InChI=1S/C36H48O3S2/c1-31(2,3)23-19-35(20-24(28(23)37)32(4,5)6)36(41-30(39-13)40-35)21-25(33(7,8)9)29(38)27(34(10,11)12)26(36)22-17-15-14-16-18-22/h14-21,30H,1-13H3. The summed E-state index contributed by atoms with van der Waals surface area (Å²) in [7, 11) is 1.76. The van der Waals surface area contributed by atoms with E-state index < -0.39 is 14.9 Å². The van der Waals surface area contributed by atoms with Crippen molar-refractivity contribution in [2.75, 3.05) is 7.11 Å². The van der Waals surface area contributed by atoms with Crippen molar-refractivity contribution in [3.05, 3.63) is 76.4 Å². The van der Waals surface area contributed by atoms with E-state index in [1.807, 2.05) is 18.2 Å². The lowest BCUT2D eigenvalue weighted by Gasteiger charge is -2.49. The molecule has 3 nitrogen and oxygen atoms in total. The second kappa shape index (κ2) is 10.1. The van der Waals surface area contributed by atoms with Gasteiger partial charge in [0, 0.05) is 29.4 Å². The lowest BCUT2D eigenvalue weighted by molar-refractivity contribution is -0.115. The Balaban J connectivity index is 2.29. The summed E-state index contributed by atoms with van der Waals surface area (Å²) in [5, 5.41) is 0. The van der Waals surface area contributed by atoms with Crippen molar-refractivity contribution in [2.45, 2.75) is 97.3 Å². The van der Waals surface area contributed by atoms with Crippen LogP contribution in [0.5, 0.6) is 0 Å². The summed E-state index contributed by atoms with van der Waals surface area (Å²) in [4.78, 5) is 28.8. The zero-order chi connectivity index (χ0) is 31.0. The molecule has 41 heavy (non-hydrogen) atoms. The first-order valence-corrected chi connectivity index (χ1v) is 16.3. The third-order valence-electron chi connectivity index (χ3n) is 8.23. The summed E-state index contributed by atoms with van der Waals surface area (Å²) < 4.78 is 4.56. The Labute approximate surface area is 256 Å². The summed E-state index contributed by atoms with van der Waals surface area (Å²) in [5.74, 6) is 0.230. The highest BCUT2D eigenvalue weighted by Gasteiger charge is 2.64. The van der Waals surface area contributed by atoms with E-state index >= 15 is 0 Å². The summed E-state index contributed by atoms with van der Waals surface area (Å²) in [6.07, 6.45) is 6.72. The molecular weight excluding hydrogens is 545 g/mol. The summed E-state index contributed by atoms with van der Waals surface area (Å²) >= 11 is 3.52. The SMILES string of the molecule is COC1SC2(C=C(C(C)(C)C)C(=O)C(C(C)(C)C)=C2)C2(C=C(C(C)(C)C)C(=O)C(C(C)(C)C)=C2c2ccccc2)S1. The van der Waals surface area contributed by atoms with Crippen LogP contribution in [0.25, 0.3) is 5.57 Å². The van der Waals surface area contributed by atoms with Crippen molar-refractivity contribution >= 4 is 40.7 Å². The summed E-state index contributed by atoms with van der Waals surface area (Å²) in [6, 6.07) is 10.4. The Hall–Kier alpha value is -1.82. The molecule has 3 aliphatic rings. The average Bonchev–Trinajstić information content (AvgIpc) is 3.12. The third kappa shape index (κ3) is 5.40. The van der Waals surface area contributed by atoms with Crippen molar-refractivity contribution in [3.63, 3.8) is 0 Å². The molecule has 0 N–H and O–H groups in total. The van der Waals surface area contributed by atoms with Crippen LogP contribution in [0.2, 0.25) is 0 Å². The fraction of sp³-hybridized carbons (Fsp3) is 0.556. The minimum absolute atomic E-state index is 0.114. The zero-order valence-corrected chi connectivity index (χ0v) is 28.9. The molecular formula is C36H48O3S2. The second-order valence-corrected chi connectivity index (χ2v) is 18.7. The predicted octanol–water partition coefficient (Wildman–Crippen LogP) is 9.46. The van der Waals surface area contributed by atoms with E-state index in [2.05, 4.69) is 113 Å². The molecule has 2 aliphatic carbocycles. The number of hydrogen-bond acceptors (Lipinski definition) is 5. The van der Waals surface area contributed by atoms with Gasteiger partial charge in [-0.3, -0.25) is 9.59 Å². The first-order valence-electron chi connectivity index (χ1n) is 14.6. The predicted molar refractivity (Wildman–Crippen MR) is 177 cm³/mol. The molecule has 0 bridgehead atoms.